The van der Waals surface area contributed by atoms with Crippen LogP contribution in [-0.2, 0) is 23.9 Å². The van der Waals surface area contributed by atoms with Crippen molar-refractivity contribution in [2.45, 2.75) is 65.2 Å². The maximum atomic E-state index is 12.2. The van der Waals surface area contributed by atoms with E-state index in [4.69, 9.17) is 9.47 Å². The van der Waals surface area contributed by atoms with E-state index in [0.717, 1.165) is 25.7 Å². The van der Waals surface area contributed by atoms with Crippen LogP contribution in [0.1, 0.15) is 65.2 Å². The van der Waals surface area contributed by atoms with Crippen molar-refractivity contribution in [1.82, 2.24) is 0 Å². The third-order valence-corrected chi connectivity index (χ3v) is 4.05. The molecule has 1 aliphatic carbocycles. The third-order valence-electron chi connectivity index (χ3n) is 4.05. The quantitative estimate of drug-likeness (QED) is 0.458. The minimum atomic E-state index is -0.544. The molecule has 0 amide bonds. The number of carbonyl (C=O) groups excluding carboxylic acids is 3. The van der Waals surface area contributed by atoms with Crippen molar-refractivity contribution in [2.75, 3.05) is 13.2 Å². The number of rotatable bonds is 10. The van der Waals surface area contributed by atoms with Crippen LogP contribution in [0.3, 0.4) is 0 Å². The molecule has 0 aliphatic heterocycles. The molecule has 0 spiro atoms. The molecule has 0 heterocycles. The summed E-state index contributed by atoms with van der Waals surface area (Å²) in [5, 5.41) is 0. The van der Waals surface area contributed by atoms with Gasteiger partial charge in [0.25, 0.3) is 0 Å². The Morgan fingerprint density at radius 3 is 2.32 bits per heavy atom. The SMILES string of the molecule is CCCCOC(=O)CC(C(=O)OCCCC)C1CCC(=O)C1. The minimum Gasteiger partial charge on any atom is -0.466 e. The maximum absolute atomic E-state index is 12.2. The molecule has 0 saturated heterocycles. The third kappa shape index (κ3) is 6.58. The number of hydrogen-bond acceptors (Lipinski definition) is 5. The van der Waals surface area contributed by atoms with Gasteiger partial charge in [0.1, 0.15) is 5.78 Å². The highest BCUT2D eigenvalue weighted by Gasteiger charge is 2.36. The molecule has 0 radical (unpaired) electrons. The molecule has 126 valence electrons. The van der Waals surface area contributed by atoms with Gasteiger partial charge in [0.2, 0.25) is 0 Å². The Morgan fingerprint density at radius 2 is 1.77 bits per heavy atom. The van der Waals surface area contributed by atoms with E-state index in [1.54, 1.807) is 0 Å². The van der Waals surface area contributed by atoms with E-state index in [9.17, 15) is 14.4 Å². The van der Waals surface area contributed by atoms with E-state index in [1.807, 2.05) is 13.8 Å². The summed E-state index contributed by atoms with van der Waals surface area (Å²) in [5.74, 6) is -1.20. The van der Waals surface area contributed by atoms with Crippen LogP contribution in [0, 0.1) is 11.8 Å². The first kappa shape index (κ1) is 18.7. The van der Waals surface area contributed by atoms with E-state index in [1.165, 1.54) is 0 Å². The summed E-state index contributed by atoms with van der Waals surface area (Å²) in [7, 11) is 0. The maximum Gasteiger partial charge on any atom is 0.309 e. The van der Waals surface area contributed by atoms with E-state index >= 15 is 0 Å². The number of carbonyl (C=O) groups is 3. The van der Waals surface area contributed by atoms with Crippen molar-refractivity contribution in [3.63, 3.8) is 0 Å². The van der Waals surface area contributed by atoms with Gasteiger partial charge in [-0.1, -0.05) is 26.7 Å². The Bertz CT molecular complexity index is 377. The van der Waals surface area contributed by atoms with Crippen LogP contribution >= 0.6 is 0 Å². The van der Waals surface area contributed by atoms with Gasteiger partial charge in [-0.2, -0.15) is 0 Å². The van der Waals surface area contributed by atoms with Crippen molar-refractivity contribution in [1.29, 1.82) is 0 Å². The van der Waals surface area contributed by atoms with Gasteiger partial charge in [-0.05, 0) is 25.2 Å². The number of ketones is 1. The molecule has 5 nitrogen and oxygen atoms in total. The average Bonchev–Trinajstić information content (AvgIpc) is 2.91. The van der Waals surface area contributed by atoms with Crippen molar-refractivity contribution in [2.24, 2.45) is 11.8 Å². The Hall–Kier alpha value is -1.39. The van der Waals surface area contributed by atoms with Crippen LogP contribution in [0.15, 0.2) is 0 Å². The summed E-state index contributed by atoms with van der Waals surface area (Å²) in [6, 6.07) is 0. The lowest BCUT2D eigenvalue weighted by Crippen LogP contribution is -2.28. The first-order valence-electron chi connectivity index (χ1n) is 8.42. The van der Waals surface area contributed by atoms with Gasteiger partial charge < -0.3 is 9.47 Å². The van der Waals surface area contributed by atoms with E-state index < -0.39 is 5.92 Å². The zero-order valence-electron chi connectivity index (χ0n) is 13.8. The minimum absolute atomic E-state index is 0.0205. The Kier molecular flexibility index (Phi) is 8.78. The molecule has 0 aromatic heterocycles. The van der Waals surface area contributed by atoms with Crippen molar-refractivity contribution in [3.05, 3.63) is 0 Å². The van der Waals surface area contributed by atoms with Crippen molar-refractivity contribution < 1.29 is 23.9 Å². The lowest BCUT2D eigenvalue weighted by atomic mass is 9.88. The molecule has 5 heteroatoms. The number of esters is 2. The smallest absolute Gasteiger partial charge is 0.309 e. The van der Waals surface area contributed by atoms with Crippen molar-refractivity contribution in [3.8, 4) is 0 Å². The molecule has 1 saturated carbocycles. The molecule has 1 fully saturated rings. The monoisotopic (exact) mass is 312 g/mol. The van der Waals surface area contributed by atoms with Crippen LogP contribution in [0.4, 0.5) is 0 Å². The zero-order valence-corrected chi connectivity index (χ0v) is 13.8. The molecule has 1 rings (SSSR count). The summed E-state index contributed by atoms with van der Waals surface area (Å²) in [5.41, 5.74) is 0. The highest BCUT2D eigenvalue weighted by atomic mass is 16.5. The number of Topliss-reactive ketones (excluding diaryl/α,β-unsaturated/α-hetero) is 1. The number of hydrogen-bond donors (Lipinski definition) is 0. The summed E-state index contributed by atoms with van der Waals surface area (Å²) >= 11 is 0. The summed E-state index contributed by atoms with van der Waals surface area (Å²) in [4.78, 5) is 35.6. The highest BCUT2D eigenvalue weighted by molar-refractivity contribution is 5.84. The molecule has 0 bridgehead atoms. The van der Waals surface area contributed by atoms with Gasteiger partial charge in [0, 0.05) is 12.8 Å². The van der Waals surface area contributed by atoms with Crippen LogP contribution in [0.25, 0.3) is 0 Å². The largest absolute Gasteiger partial charge is 0.466 e. The number of unbranched alkanes of at least 4 members (excludes halogenated alkanes) is 2. The van der Waals surface area contributed by atoms with E-state index in [0.29, 0.717) is 32.5 Å². The lowest BCUT2D eigenvalue weighted by molar-refractivity contribution is -0.157. The second-order valence-electron chi connectivity index (χ2n) is 5.95. The van der Waals surface area contributed by atoms with Crippen LogP contribution in [0.2, 0.25) is 0 Å². The van der Waals surface area contributed by atoms with Gasteiger partial charge in [-0.3, -0.25) is 14.4 Å². The normalized spacial score (nSPS) is 19.0. The van der Waals surface area contributed by atoms with Crippen molar-refractivity contribution >= 4 is 17.7 Å². The van der Waals surface area contributed by atoms with Crippen LogP contribution < -0.4 is 0 Å². The summed E-state index contributed by atoms with van der Waals surface area (Å²) in [6.07, 6.45) is 5.07. The standard InChI is InChI=1S/C17H28O5/c1-3-5-9-21-16(19)12-15(13-7-8-14(18)11-13)17(20)22-10-6-4-2/h13,15H,3-12H2,1-2H3. The van der Waals surface area contributed by atoms with Gasteiger partial charge in [0.05, 0.1) is 25.6 Å². The Balaban J connectivity index is 2.55. The second kappa shape index (κ2) is 10.4. The lowest BCUT2D eigenvalue weighted by Gasteiger charge is -2.20. The molecule has 0 aromatic rings. The molecular formula is C17H28O5. The Labute approximate surface area is 132 Å². The second-order valence-corrected chi connectivity index (χ2v) is 5.95. The fourth-order valence-electron chi connectivity index (χ4n) is 2.62. The highest BCUT2D eigenvalue weighted by Crippen LogP contribution is 2.32. The molecule has 1 aliphatic rings. The molecule has 2 atom stereocenters. The average molecular weight is 312 g/mol. The van der Waals surface area contributed by atoms with E-state index in [2.05, 4.69) is 0 Å². The van der Waals surface area contributed by atoms with Gasteiger partial charge >= 0.3 is 11.9 Å². The first-order chi connectivity index (χ1) is 10.6. The fourth-order valence-corrected chi connectivity index (χ4v) is 2.62. The van der Waals surface area contributed by atoms with Gasteiger partial charge in [0.15, 0.2) is 0 Å². The van der Waals surface area contributed by atoms with Crippen LogP contribution in [0.5, 0.6) is 0 Å². The Morgan fingerprint density at radius 1 is 1.14 bits per heavy atom. The topological polar surface area (TPSA) is 69.7 Å². The van der Waals surface area contributed by atoms with E-state index in [-0.39, 0.29) is 30.1 Å². The fraction of sp³-hybridized carbons (Fsp3) is 0.824. The summed E-state index contributed by atoms with van der Waals surface area (Å²) in [6.45, 7) is 4.80. The van der Waals surface area contributed by atoms with Gasteiger partial charge in [-0.25, -0.2) is 0 Å². The van der Waals surface area contributed by atoms with Crippen LogP contribution in [-0.4, -0.2) is 30.9 Å². The van der Waals surface area contributed by atoms with Gasteiger partial charge in [-0.15, -0.1) is 0 Å². The predicted octanol–water partition coefficient (Wildman–Crippen LogP) is 3.05. The molecule has 22 heavy (non-hydrogen) atoms. The molecule has 0 aromatic carbocycles. The molecule has 2 unspecified atom stereocenters. The molecule has 0 N–H and O–H groups in total. The first-order valence-corrected chi connectivity index (χ1v) is 8.42. The summed E-state index contributed by atoms with van der Waals surface area (Å²) < 4.78 is 10.4. The zero-order chi connectivity index (χ0) is 16.4. The molecular weight excluding hydrogens is 284 g/mol. The number of ether oxygens (including phenoxy) is 2. The predicted molar refractivity (Wildman–Crippen MR) is 82.2 cm³/mol.